The maximum Gasteiger partial charge on any atom is 0.306 e. The molecular weight excluding hydrogens is 803 g/mol. The van der Waals surface area contributed by atoms with Gasteiger partial charge < -0.3 is 30.1 Å². The summed E-state index contributed by atoms with van der Waals surface area (Å²) in [6.07, 6.45) is 40.2. The third-order valence-electron chi connectivity index (χ3n) is 12.8. The van der Waals surface area contributed by atoms with E-state index in [1.54, 1.807) is 0 Å². The number of carbonyl (C=O) groups is 2. The van der Waals surface area contributed by atoms with Crippen LogP contribution in [0.3, 0.4) is 0 Å². The number of aliphatic hydroxyl groups is 1. The number of unbranched alkanes of at least 4 members (excludes halogenated alkanes) is 23. The molecule has 0 bridgehead atoms. The van der Waals surface area contributed by atoms with Gasteiger partial charge in [0.15, 0.2) is 0 Å². The van der Waals surface area contributed by atoms with Crippen LogP contribution < -0.4 is 21.5 Å². The zero-order chi connectivity index (χ0) is 46.7. The molecule has 1 atom stereocenters. The molecule has 10 nitrogen and oxygen atoms in total. The monoisotopic (exact) mass is 904 g/mol. The number of nitrogens with one attached hydrogen (secondary N) is 2. The van der Waals surface area contributed by atoms with Crippen LogP contribution in [0.15, 0.2) is 9.59 Å². The van der Waals surface area contributed by atoms with Gasteiger partial charge in [-0.3, -0.25) is 19.2 Å². The van der Waals surface area contributed by atoms with Crippen molar-refractivity contribution in [2.75, 3.05) is 50.0 Å². The number of carbonyl (C=O) groups excluding carboxylic acids is 2. The molecule has 1 aromatic rings. The lowest BCUT2D eigenvalue weighted by Gasteiger charge is -2.23. The number of aliphatic hydroxyl groups excluding tert-OH is 1. The fourth-order valence-electron chi connectivity index (χ4n) is 8.82. The Labute approximate surface area is 392 Å². The Balaban J connectivity index is 2.48. The Bertz CT molecular complexity index is 1280. The van der Waals surface area contributed by atoms with E-state index in [9.17, 15) is 19.2 Å². The first-order valence-corrected chi connectivity index (χ1v) is 27.3. The average Bonchev–Trinajstić information content (AvgIpc) is 3.29. The molecule has 0 amide bonds. The van der Waals surface area contributed by atoms with Crippen molar-refractivity contribution >= 4 is 23.3 Å². The van der Waals surface area contributed by atoms with Crippen molar-refractivity contribution in [3.8, 4) is 0 Å². The molecule has 1 aromatic carbocycles. The number of esters is 2. The largest absolute Gasteiger partial charge is 0.462 e. The maximum absolute atomic E-state index is 12.9. The minimum absolute atomic E-state index is 0.0128. The molecule has 0 aromatic heterocycles. The van der Waals surface area contributed by atoms with E-state index >= 15 is 0 Å². The van der Waals surface area contributed by atoms with Gasteiger partial charge in [0.2, 0.25) is 0 Å². The molecule has 10 heteroatoms. The molecule has 0 aliphatic heterocycles. The van der Waals surface area contributed by atoms with Gasteiger partial charge in [-0.1, -0.05) is 169 Å². The van der Waals surface area contributed by atoms with E-state index in [0.29, 0.717) is 25.1 Å². The van der Waals surface area contributed by atoms with Crippen molar-refractivity contribution < 1.29 is 24.2 Å². The molecule has 0 radical (unpaired) electrons. The molecule has 0 spiro atoms. The van der Waals surface area contributed by atoms with Gasteiger partial charge in [-0.2, -0.15) is 0 Å². The summed E-state index contributed by atoms with van der Waals surface area (Å²) in [5.41, 5.74) is -0.393. The topological polar surface area (TPSA) is 134 Å². The first kappa shape index (κ1) is 59.6. The number of rotatable bonds is 49. The van der Waals surface area contributed by atoms with Crippen LogP contribution in [0.25, 0.3) is 0 Å². The predicted octanol–water partition coefficient (Wildman–Crippen LogP) is 13.3. The lowest BCUT2D eigenvalue weighted by Crippen LogP contribution is -2.38. The summed E-state index contributed by atoms with van der Waals surface area (Å²) in [5, 5.41) is 15.1. The van der Waals surface area contributed by atoms with Crippen LogP contribution in [0, 0.1) is 0 Å². The van der Waals surface area contributed by atoms with Crippen molar-refractivity contribution in [3.05, 3.63) is 20.4 Å². The van der Waals surface area contributed by atoms with Gasteiger partial charge >= 0.3 is 11.9 Å². The highest BCUT2D eigenvalue weighted by Crippen LogP contribution is 2.20. The van der Waals surface area contributed by atoms with E-state index < -0.39 is 10.9 Å². The molecule has 374 valence electrons. The summed E-state index contributed by atoms with van der Waals surface area (Å²) in [7, 11) is 0. The molecular formula is C54H101N3O7. The van der Waals surface area contributed by atoms with E-state index in [1.807, 2.05) is 0 Å². The second-order valence-corrected chi connectivity index (χ2v) is 18.9. The van der Waals surface area contributed by atoms with Gasteiger partial charge in [0, 0.05) is 25.9 Å². The molecule has 1 rings (SSSR count). The third kappa shape index (κ3) is 32.3. The van der Waals surface area contributed by atoms with Crippen LogP contribution in [0.5, 0.6) is 0 Å². The zero-order valence-electron chi connectivity index (χ0n) is 42.2. The number of hydrogen-bond donors (Lipinski definition) is 3. The second kappa shape index (κ2) is 43.1. The lowest BCUT2D eigenvalue weighted by atomic mass is 10.0. The summed E-state index contributed by atoms with van der Waals surface area (Å²) >= 11 is 0. The van der Waals surface area contributed by atoms with Gasteiger partial charge in [0.1, 0.15) is 23.6 Å². The molecule has 3 N–H and O–H groups in total. The molecule has 0 heterocycles. The number of anilines is 2. The van der Waals surface area contributed by atoms with Crippen LogP contribution in [-0.4, -0.2) is 73.5 Å². The third-order valence-corrected chi connectivity index (χ3v) is 12.8. The molecule has 1 unspecified atom stereocenters. The normalized spacial score (nSPS) is 12.1. The predicted molar refractivity (Wildman–Crippen MR) is 271 cm³/mol. The van der Waals surface area contributed by atoms with E-state index in [0.717, 1.165) is 142 Å². The summed E-state index contributed by atoms with van der Waals surface area (Å²) in [4.78, 5) is 52.2. The minimum Gasteiger partial charge on any atom is -0.462 e. The Kier molecular flexibility index (Phi) is 40.1. The van der Waals surface area contributed by atoms with Gasteiger partial charge in [-0.05, 0) is 96.7 Å². The second-order valence-electron chi connectivity index (χ2n) is 18.9. The number of nitrogens with zero attached hydrogens (tertiary/aromatic N) is 1. The van der Waals surface area contributed by atoms with Crippen LogP contribution in [0.4, 0.5) is 11.4 Å². The average molecular weight is 904 g/mol. The van der Waals surface area contributed by atoms with E-state index in [-0.39, 0.29) is 43.0 Å². The summed E-state index contributed by atoms with van der Waals surface area (Å²) < 4.78 is 12.0. The first-order chi connectivity index (χ1) is 31.3. The Morgan fingerprint density at radius 1 is 0.438 bits per heavy atom. The quantitative estimate of drug-likeness (QED) is 0.0330. The van der Waals surface area contributed by atoms with Crippen molar-refractivity contribution in [1.29, 1.82) is 0 Å². The molecule has 0 aliphatic rings. The van der Waals surface area contributed by atoms with Gasteiger partial charge in [-0.25, -0.2) is 0 Å². The highest BCUT2D eigenvalue weighted by Gasteiger charge is 2.20. The van der Waals surface area contributed by atoms with Crippen LogP contribution in [0.2, 0.25) is 0 Å². The summed E-state index contributed by atoms with van der Waals surface area (Å²) in [6.45, 7) is 12.6. The van der Waals surface area contributed by atoms with Crippen molar-refractivity contribution in [2.24, 2.45) is 0 Å². The maximum atomic E-state index is 12.9. The number of hydrogen-bond acceptors (Lipinski definition) is 10. The van der Waals surface area contributed by atoms with Crippen LogP contribution >= 0.6 is 0 Å². The smallest absolute Gasteiger partial charge is 0.306 e. The van der Waals surface area contributed by atoms with E-state index in [1.165, 1.54) is 96.3 Å². The molecule has 0 aliphatic carbocycles. The van der Waals surface area contributed by atoms with Gasteiger partial charge in [-0.15, -0.1) is 0 Å². The van der Waals surface area contributed by atoms with Crippen molar-refractivity contribution in [1.82, 2.24) is 4.90 Å². The van der Waals surface area contributed by atoms with Crippen LogP contribution in [0.1, 0.15) is 259 Å². The minimum atomic E-state index is -0.522. The Morgan fingerprint density at radius 3 is 1.19 bits per heavy atom. The Hall–Kier alpha value is -2.46. The standard InChI is InChI=1S/C54H101N3O7/c1-5-9-12-15-20-27-36-47(35-8-4)63-49(59)39-30-23-18-25-32-43-57(45-34-41-55-51-52(56-42-46-58)54(62)53(51)61)44-33-26-19-24-31-40-50(60)64-48(37-28-21-16-13-10-6-2)38-29-22-17-14-11-7-3/h47-48,55-56,58H,5-46H2,1-4H3. The van der Waals surface area contributed by atoms with Crippen LogP contribution in [-0.2, 0) is 19.1 Å². The fraction of sp³-hybridized carbons (Fsp3) is 0.889. The molecule has 0 fully saturated rings. The van der Waals surface area contributed by atoms with E-state index in [2.05, 4.69) is 43.2 Å². The Morgan fingerprint density at radius 2 is 0.781 bits per heavy atom. The first-order valence-electron chi connectivity index (χ1n) is 27.3. The molecule has 0 saturated carbocycles. The fourth-order valence-corrected chi connectivity index (χ4v) is 8.82. The number of ether oxygens (including phenoxy) is 2. The summed E-state index contributed by atoms with van der Waals surface area (Å²) in [5.74, 6) is -0.0449. The van der Waals surface area contributed by atoms with Crippen molar-refractivity contribution in [2.45, 2.75) is 271 Å². The highest BCUT2D eigenvalue weighted by atomic mass is 16.5. The van der Waals surface area contributed by atoms with Crippen molar-refractivity contribution in [3.63, 3.8) is 0 Å². The molecule has 64 heavy (non-hydrogen) atoms. The summed E-state index contributed by atoms with van der Waals surface area (Å²) in [6, 6.07) is 0. The molecule has 0 saturated heterocycles. The van der Waals surface area contributed by atoms with E-state index in [4.69, 9.17) is 14.6 Å². The SMILES string of the molecule is CCCCCCCCC(CCC)OC(=O)CCCCCCCN(CCCCCCCC(=O)OC(CCCCCCCC)CCCCCCCC)CCCNc1c(NCCO)c(=O)c1=O. The highest BCUT2D eigenvalue weighted by molar-refractivity contribution is 5.74. The van der Waals surface area contributed by atoms with Gasteiger partial charge in [0.25, 0.3) is 10.9 Å². The van der Waals surface area contributed by atoms with Gasteiger partial charge in [0.05, 0.1) is 6.61 Å². The zero-order valence-corrected chi connectivity index (χ0v) is 42.2. The lowest BCUT2D eigenvalue weighted by molar-refractivity contribution is -0.151.